The van der Waals surface area contributed by atoms with E-state index >= 15 is 0 Å². The second-order valence-corrected chi connectivity index (χ2v) is 8.73. The van der Waals surface area contributed by atoms with Crippen molar-refractivity contribution >= 4 is 0 Å². The second-order valence-electron chi connectivity index (χ2n) is 8.73. The highest BCUT2D eigenvalue weighted by atomic mass is 14.6. The largest absolute Gasteiger partial charge is 0.0995 e. The van der Waals surface area contributed by atoms with Gasteiger partial charge in [0, 0.05) is 0 Å². The van der Waals surface area contributed by atoms with E-state index in [1.54, 1.807) is 0 Å². The molecule has 2 rings (SSSR count). The van der Waals surface area contributed by atoms with Gasteiger partial charge in [-0.3, -0.25) is 0 Å². The first-order valence-electron chi connectivity index (χ1n) is 9.00. The molecular formula is C21H36. The van der Waals surface area contributed by atoms with Crippen LogP contribution in [0.25, 0.3) is 0 Å². The third kappa shape index (κ3) is 2.64. The van der Waals surface area contributed by atoms with Crippen LogP contribution in [-0.4, -0.2) is 0 Å². The summed E-state index contributed by atoms with van der Waals surface area (Å²) in [5, 5.41) is 0. The van der Waals surface area contributed by atoms with Crippen LogP contribution in [0.15, 0.2) is 24.3 Å². The molecule has 7 atom stereocenters. The molecule has 7 unspecified atom stereocenters. The fourth-order valence-electron chi connectivity index (χ4n) is 5.67. The third-order valence-corrected chi connectivity index (χ3v) is 7.35. The van der Waals surface area contributed by atoms with E-state index in [0.29, 0.717) is 29.1 Å². The van der Waals surface area contributed by atoms with E-state index in [-0.39, 0.29) is 0 Å². The maximum Gasteiger partial charge on any atom is -0.0112 e. The Balaban J connectivity index is 2.17. The Kier molecular flexibility index (Phi) is 4.49. The molecule has 0 aromatic heterocycles. The van der Waals surface area contributed by atoms with Crippen molar-refractivity contribution in [3.8, 4) is 0 Å². The highest BCUT2D eigenvalue weighted by molar-refractivity contribution is 5.23. The van der Waals surface area contributed by atoms with E-state index in [4.69, 9.17) is 0 Å². The van der Waals surface area contributed by atoms with Crippen molar-refractivity contribution in [3.63, 3.8) is 0 Å². The zero-order chi connectivity index (χ0) is 16.1. The van der Waals surface area contributed by atoms with Gasteiger partial charge in [0.15, 0.2) is 0 Å². The summed E-state index contributed by atoms with van der Waals surface area (Å²) in [6.07, 6.45) is 2.48. The first-order valence-corrected chi connectivity index (χ1v) is 9.00. The van der Waals surface area contributed by atoms with Gasteiger partial charge in [-0.2, -0.15) is 0 Å². The van der Waals surface area contributed by atoms with Crippen LogP contribution in [0.2, 0.25) is 0 Å². The lowest BCUT2D eigenvalue weighted by Gasteiger charge is -2.42. The molecular weight excluding hydrogens is 252 g/mol. The topological polar surface area (TPSA) is 0 Å². The lowest BCUT2D eigenvalue weighted by atomic mass is 9.62. The molecule has 0 saturated heterocycles. The molecule has 2 aliphatic rings. The Labute approximate surface area is 133 Å². The van der Waals surface area contributed by atoms with Gasteiger partial charge in [-0.25, -0.2) is 0 Å². The predicted molar refractivity (Wildman–Crippen MR) is 94.1 cm³/mol. The first kappa shape index (κ1) is 16.8. The smallest absolute Gasteiger partial charge is 0.0112 e. The SMILES string of the molecule is C=C1CC(C)C(=C)C(C(C)C(C)C2C(CC)C2(C)C)C1C. The van der Waals surface area contributed by atoms with Gasteiger partial charge in [0.1, 0.15) is 0 Å². The fourth-order valence-corrected chi connectivity index (χ4v) is 5.67. The van der Waals surface area contributed by atoms with E-state index in [1.807, 2.05) is 0 Å². The van der Waals surface area contributed by atoms with Gasteiger partial charge in [0.05, 0.1) is 0 Å². The van der Waals surface area contributed by atoms with Crippen molar-refractivity contribution < 1.29 is 0 Å². The molecule has 2 saturated carbocycles. The van der Waals surface area contributed by atoms with Gasteiger partial charge < -0.3 is 0 Å². The van der Waals surface area contributed by atoms with Crippen molar-refractivity contribution in [1.82, 2.24) is 0 Å². The summed E-state index contributed by atoms with van der Waals surface area (Å²) in [6, 6.07) is 0. The molecule has 0 spiro atoms. The van der Waals surface area contributed by atoms with Gasteiger partial charge in [-0.1, -0.05) is 79.2 Å². The Morgan fingerprint density at radius 1 is 1.14 bits per heavy atom. The van der Waals surface area contributed by atoms with Gasteiger partial charge >= 0.3 is 0 Å². The molecule has 21 heavy (non-hydrogen) atoms. The number of hydrogen-bond donors (Lipinski definition) is 0. The Hall–Kier alpha value is -0.520. The van der Waals surface area contributed by atoms with Crippen LogP contribution in [0, 0.1) is 46.8 Å². The summed E-state index contributed by atoms with van der Waals surface area (Å²) in [5.41, 5.74) is 3.48. The van der Waals surface area contributed by atoms with E-state index < -0.39 is 0 Å². The molecule has 120 valence electrons. The van der Waals surface area contributed by atoms with Gasteiger partial charge in [-0.05, 0) is 53.3 Å². The van der Waals surface area contributed by atoms with Crippen molar-refractivity contribution in [2.75, 3.05) is 0 Å². The lowest BCUT2D eigenvalue weighted by molar-refractivity contribution is 0.184. The molecule has 0 radical (unpaired) electrons. The van der Waals surface area contributed by atoms with Crippen LogP contribution >= 0.6 is 0 Å². The summed E-state index contributed by atoms with van der Waals surface area (Å²) < 4.78 is 0. The van der Waals surface area contributed by atoms with Crippen LogP contribution in [0.4, 0.5) is 0 Å². The zero-order valence-corrected chi connectivity index (χ0v) is 15.4. The molecule has 0 nitrogen and oxygen atoms in total. The number of hydrogen-bond acceptors (Lipinski definition) is 0. The highest BCUT2D eigenvalue weighted by Crippen LogP contribution is 2.65. The van der Waals surface area contributed by atoms with E-state index in [2.05, 4.69) is 61.6 Å². The lowest BCUT2D eigenvalue weighted by Crippen LogP contribution is -2.34. The number of allylic oxidation sites excluding steroid dienone is 2. The van der Waals surface area contributed by atoms with Crippen LogP contribution in [0.1, 0.15) is 61.3 Å². The average molecular weight is 289 g/mol. The summed E-state index contributed by atoms with van der Waals surface area (Å²) in [4.78, 5) is 0. The molecule has 2 fully saturated rings. The predicted octanol–water partition coefficient (Wildman–Crippen LogP) is 6.35. The first-order chi connectivity index (χ1) is 9.64. The van der Waals surface area contributed by atoms with Crippen molar-refractivity contribution in [2.24, 2.45) is 46.8 Å². The van der Waals surface area contributed by atoms with E-state index in [9.17, 15) is 0 Å². The minimum Gasteiger partial charge on any atom is -0.0995 e. The molecule has 0 aromatic carbocycles. The summed E-state index contributed by atoms with van der Waals surface area (Å²) >= 11 is 0. The second kappa shape index (κ2) is 5.60. The van der Waals surface area contributed by atoms with E-state index in [0.717, 1.165) is 24.2 Å². The Bertz CT molecular complexity index is 427. The zero-order valence-electron chi connectivity index (χ0n) is 15.4. The number of rotatable bonds is 4. The molecule has 0 amide bonds. The Morgan fingerprint density at radius 3 is 2.19 bits per heavy atom. The summed E-state index contributed by atoms with van der Waals surface area (Å²) in [7, 11) is 0. The van der Waals surface area contributed by atoms with Crippen LogP contribution in [0.5, 0.6) is 0 Å². The van der Waals surface area contributed by atoms with Gasteiger partial charge in [-0.15, -0.1) is 0 Å². The molecule has 0 heteroatoms. The fraction of sp³-hybridized carbons (Fsp3) is 0.810. The van der Waals surface area contributed by atoms with Crippen LogP contribution in [-0.2, 0) is 0 Å². The van der Waals surface area contributed by atoms with E-state index in [1.165, 1.54) is 17.6 Å². The van der Waals surface area contributed by atoms with Crippen molar-refractivity contribution in [2.45, 2.75) is 61.3 Å². The molecule has 2 aliphatic carbocycles. The van der Waals surface area contributed by atoms with Gasteiger partial charge in [0.2, 0.25) is 0 Å². The van der Waals surface area contributed by atoms with Crippen molar-refractivity contribution in [1.29, 1.82) is 0 Å². The third-order valence-electron chi connectivity index (χ3n) is 7.35. The highest BCUT2D eigenvalue weighted by Gasteiger charge is 2.59. The van der Waals surface area contributed by atoms with Crippen LogP contribution in [0.3, 0.4) is 0 Å². The molecule has 0 bridgehead atoms. The minimum absolute atomic E-state index is 0.546. The molecule has 0 aliphatic heterocycles. The summed E-state index contributed by atoms with van der Waals surface area (Å²) in [6.45, 7) is 25.8. The van der Waals surface area contributed by atoms with Crippen LogP contribution < -0.4 is 0 Å². The normalized spacial score (nSPS) is 41.8. The average Bonchev–Trinajstić information content (AvgIpc) is 2.97. The maximum absolute atomic E-state index is 4.48. The van der Waals surface area contributed by atoms with Crippen molar-refractivity contribution in [3.05, 3.63) is 24.3 Å². The molecule has 0 aromatic rings. The molecule has 0 heterocycles. The quantitative estimate of drug-likeness (QED) is 0.529. The Morgan fingerprint density at radius 2 is 1.71 bits per heavy atom. The standard InChI is InChI=1S/C21H36/c1-10-18-20(21(18,8)9)17(7)16(6)19-14(4)12(2)11-13(3)15(19)5/h13-14,16-20H,2,5,10-11H2,1,3-4,6-9H3. The minimum atomic E-state index is 0.546. The molecule has 0 N–H and O–H groups in total. The summed E-state index contributed by atoms with van der Waals surface area (Å²) in [5.74, 6) is 5.16. The monoisotopic (exact) mass is 288 g/mol. The van der Waals surface area contributed by atoms with Gasteiger partial charge in [0.25, 0.3) is 0 Å². The maximum atomic E-state index is 4.48.